The van der Waals surface area contributed by atoms with E-state index >= 15 is 0 Å². The van der Waals surface area contributed by atoms with Crippen molar-refractivity contribution in [2.45, 2.75) is 12.6 Å². The monoisotopic (exact) mass is 344 g/mol. The molecule has 0 spiro atoms. The second-order valence-electron chi connectivity index (χ2n) is 6.34. The summed E-state index contributed by atoms with van der Waals surface area (Å²) in [5.41, 5.74) is 1.81. The highest BCUT2D eigenvalue weighted by Gasteiger charge is 2.38. The molecule has 2 atom stereocenters. The van der Waals surface area contributed by atoms with Gasteiger partial charge in [0.2, 0.25) is 0 Å². The lowest BCUT2D eigenvalue weighted by Gasteiger charge is -2.23. The molecular weight excluding hydrogens is 324 g/mol. The van der Waals surface area contributed by atoms with Gasteiger partial charge in [-0.1, -0.05) is 0 Å². The minimum absolute atomic E-state index is 0.0292. The minimum atomic E-state index is -0.0292. The minimum Gasteiger partial charge on any atom is -0.375 e. The van der Waals surface area contributed by atoms with Gasteiger partial charge in [0.05, 0.1) is 12.7 Å². The lowest BCUT2D eigenvalue weighted by atomic mass is 10.1. The Bertz CT molecular complexity index is 679. The Morgan fingerprint density at radius 1 is 1.33 bits per heavy atom. The van der Waals surface area contributed by atoms with E-state index in [1.165, 1.54) is 11.9 Å². The van der Waals surface area contributed by atoms with E-state index < -0.39 is 0 Å². The number of hydrogen-bond donors (Lipinski definition) is 0. The summed E-state index contributed by atoms with van der Waals surface area (Å²) in [4.78, 5) is 24.8. The maximum Gasteiger partial charge on any atom is 0.272 e. The number of hydrogen-bond acceptors (Lipinski definition) is 6. The third-order valence-electron chi connectivity index (χ3n) is 4.69. The van der Waals surface area contributed by atoms with Gasteiger partial charge in [-0.3, -0.25) is 9.69 Å². The molecule has 2 aliphatic heterocycles. The third kappa shape index (κ3) is 3.33. The van der Waals surface area contributed by atoms with Gasteiger partial charge in [0.25, 0.3) is 5.91 Å². The van der Waals surface area contributed by atoms with E-state index in [0.29, 0.717) is 18.2 Å². The predicted molar refractivity (Wildman–Crippen MR) is 90.8 cm³/mol. The maximum atomic E-state index is 12.6. The molecule has 0 aromatic carbocycles. The van der Waals surface area contributed by atoms with Crippen molar-refractivity contribution in [1.82, 2.24) is 19.8 Å². The van der Waals surface area contributed by atoms with Crippen LogP contribution in [0.3, 0.4) is 0 Å². The molecule has 7 heteroatoms. The fourth-order valence-corrected chi connectivity index (χ4v) is 4.15. The maximum absolute atomic E-state index is 12.6. The lowest BCUT2D eigenvalue weighted by molar-refractivity contribution is 0.0482. The summed E-state index contributed by atoms with van der Waals surface area (Å²) >= 11 is 1.73. The van der Waals surface area contributed by atoms with E-state index in [2.05, 4.69) is 31.7 Å². The number of fused-ring (bicyclic) bond motifs is 1. The number of thiophene rings is 1. The highest BCUT2D eigenvalue weighted by molar-refractivity contribution is 7.07. The Hall–Kier alpha value is -1.83. The zero-order valence-electron chi connectivity index (χ0n) is 13.4. The first-order valence-corrected chi connectivity index (χ1v) is 9.14. The number of rotatable bonds is 3. The summed E-state index contributed by atoms with van der Waals surface area (Å²) in [5, 5.41) is 4.31. The second kappa shape index (κ2) is 6.96. The van der Waals surface area contributed by atoms with Crippen molar-refractivity contribution in [3.63, 3.8) is 0 Å². The molecule has 6 nitrogen and oxygen atoms in total. The highest BCUT2D eigenvalue weighted by Crippen LogP contribution is 2.25. The van der Waals surface area contributed by atoms with Crippen molar-refractivity contribution in [3.8, 4) is 0 Å². The van der Waals surface area contributed by atoms with Gasteiger partial charge in [-0.15, -0.1) is 0 Å². The van der Waals surface area contributed by atoms with Gasteiger partial charge in [0, 0.05) is 44.8 Å². The van der Waals surface area contributed by atoms with Gasteiger partial charge in [-0.25, -0.2) is 9.97 Å². The quantitative estimate of drug-likeness (QED) is 0.845. The molecule has 2 saturated heterocycles. The fraction of sp³-hybridized carbons (Fsp3) is 0.471. The van der Waals surface area contributed by atoms with Gasteiger partial charge < -0.3 is 9.64 Å². The molecule has 0 aliphatic carbocycles. The van der Waals surface area contributed by atoms with Gasteiger partial charge >= 0.3 is 0 Å². The van der Waals surface area contributed by atoms with Crippen LogP contribution in [-0.2, 0) is 11.3 Å². The Morgan fingerprint density at radius 2 is 2.29 bits per heavy atom. The van der Waals surface area contributed by atoms with E-state index in [1.807, 2.05) is 4.90 Å². The molecule has 4 rings (SSSR count). The van der Waals surface area contributed by atoms with Gasteiger partial charge in [-0.05, 0) is 28.5 Å². The van der Waals surface area contributed by atoms with Crippen molar-refractivity contribution in [3.05, 3.63) is 46.7 Å². The SMILES string of the molecule is O=C(c1ccncn1)N1C[C@H]2CN(Cc3ccsc3)CCO[C@H]2C1. The summed E-state index contributed by atoms with van der Waals surface area (Å²) in [6.07, 6.45) is 3.15. The van der Waals surface area contributed by atoms with Gasteiger partial charge in [0.15, 0.2) is 0 Å². The smallest absolute Gasteiger partial charge is 0.272 e. The number of aromatic nitrogens is 2. The summed E-state index contributed by atoms with van der Waals surface area (Å²) in [7, 11) is 0. The second-order valence-corrected chi connectivity index (χ2v) is 7.12. The number of carbonyl (C=O) groups is 1. The van der Waals surface area contributed by atoms with E-state index in [-0.39, 0.29) is 12.0 Å². The first-order valence-electron chi connectivity index (χ1n) is 8.20. The molecule has 0 bridgehead atoms. The number of likely N-dealkylation sites (tertiary alicyclic amines) is 1. The van der Waals surface area contributed by atoms with Crippen LogP contribution in [0.15, 0.2) is 35.4 Å². The van der Waals surface area contributed by atoms with Crippen LogP contribution in [0.2, 0.25) is 0 Å². The summed E-state index contributed by atoms with van der Waals surface area (Å²) in [6.45, 7) is 4.97. The number of ether oxygens (including phenoxy) is 1. The zero-order valence-corrected chi connectivity index (χ0v) is 14.2. The molecule has 4 heterocycles. The Kier molecular flexibility index (Phi) is 4.55. The Balaban J connectivity index is 1.41. The van der Waals surface area contributed by atoms with Crippen molar-refractivity contribution < 1.29 is 9.53 Å². The average molecular weight is 344 g/mol. The number of amides is 1. The average Bonchev–Trinajstić information content (AvgIpc) is 3.22. The lowest BCUT2D eigenvalue weighted by Crippen LogP contribution is -2.34. The molecular formula is C17H20N4O2S. The molecule has 0 N–H and O–H groups in total. The molecule has 2 aromatic rings. The van der Waals surface area contributed by atoms with Crippen molar-refractivity contribution in [2.75, 3.05) is 32.8 Å². The number of nitrogens with zero attached hydrogens (tertiary/aromatic N) is 4. The molecule has 0 unspecified atom stereocenters. The van der Waals surface area contributed by atoms with Crippen LogP contribution in [0.5, 0.6) is 0 Å². The normalized spacial score (nSPS) is 24.6. The summed E-state index contributed by atoms with van der Waals surface area (Å²) < 4.78 is 6.03. The molecule has 0 saturated carbocycles. The predicted octanol–water partition coefficient (Wildman–Crippen LogP) is 1.51. The molecule has 0 radical (unpaired) electrons. The van der Waals surface area contributed by atoms with E-state index in [0.717, 1.165) is 32.8 Å². The fourth-order valence-electron chi connectivity index (χ4n) is 3.49. The molecule has 2 aliphatic rings. The summed E-state index contributed by atoms with van der Waals surface area (Å²) in [6, 6.07) is 3.84. The van der Waals surface area contributed by atoms with Crippen LogP contribution in [0.25, 0.3) is 0 Å². The van der Waals surface area contributed by atoms with E-state index in [4.69, 9.17) is 4.74 Å². The van der Waals surface area contributed by atoms with Crippen LogP contribution in [0.4, 0.5) is 0 Å². The molecule has 2 fully saturated rings. The van der Waals surface area contributed by atoms with Gasteiger partial charge in [0.1, 0.15) is 12.0 Å². The molecule has 126 valence electrons. The third-order valence-corrected chi connectivity index (χ3v) is 5.42. The van der Waals surface area contributed by atoms with Crippen LogP contribution in [0, 0.1) is 5.92 Å². The number of carbonyl (C=O) groups excluding carboxylic acids is 1. The van der Waals surface area contributed by atoms with E-state index in [1.54, 1.807) is 23.6 Å². The van der Waals surface area contributed by atoms with Crippen molar-refractivity contribution in [2.24, 2.45) is 5.92 Å². The van der Waals surface area contributed by atoms with Crippen molar-refractivity contribution in [1.29, 1.82) is 0 Å². The first kappa shape index (κ1) is 15.7. The van der Waals surface area contributed by atoms with Gasteiger partial charge in [-0.2, -0.15) is 11.3 Å². The molecule has 2 aromatic heterocycles. The largest absolute Gasteiger partial charge is 0.375 e. The highest BCUT2D eigenvalue weighted by atomic mass is 32.1. The zero-order chi connectivity index (χ0) is 16.4. The topological polar surface area (TPSA) is 58.6 Å². The standard InChI is InChI=1S/C17H20N4O2S/c22-17(15-1-3-18-12-19-15)21-9-14-8-20(4-5-23-16(14)10-21)7-13-2-6-24-11-13/h1-3,6,11-12,14,16H,4-5,7-10H2/t14-,16+/m1/s1. The van der Waals surface area contributed by atoms with Crippen molar-refractivity contribution >= 4 is 17.2 Å². The Labute approximate surface area is 145 Å². The van der Waals surface area contributed by atoms with Crippen LogP contribution < -0.4 is 0 Å². The van der Waals surface area contributed by atoms with Crippen LogP contribution >= 0.6 is 11.3 Å². The van der Waals surface area contributed by atoms with Crippen LogP contribution in [-0.4, -0.2) is 64.6 Å². The molecule has 24 heavy (non-hydrogen) atoms. The van der Waals surface area contributed by atoms with E-state index in [9.17, 15) is 4.79 Å². The summed E-state index contributed by atoms with van der Waals surface area (Å²) in [5.74, 6) is 0.329. The molecule has 1 amide bonds. The first-order chi connectivity index (χ1) is 11.8. The Morgan fingerprint density at radius 3 is 3.08 bits per heavy atom. The van der Waals surface area contributed by atoms with Crippen LogP contribution in [0.1, 0.15) is 16.1 Å².